The maximum absolute atomic E-state index is 12.3. The van der Waals surface area contributed by atoms with E-state index in [0.717, 1.165) is 5.39 Å². The number of hydrogen-bond acceptors (Lipinski definition) is 5. The van der Waals surface area contributed by atoms with Crippen molar-refractivity contribution in [3.05, 3.63) is 40.2 Å². The number of carbonyl (C=O) groups is 1. The number of nitrogens with one attached hydrogen (secondary N) is 1. The third-order valence-corrected chi connectivity index (χ3v) is 4.03. The van der Waals surface area contributed by atoms with Crippen molar-refractivity contribution in [1.82, 2.24) is 9.88 Å². The molecule has 7 heteroatoms. The minimum Gasteiger partial charge on any atom is -0.497 e. The molecule has 2 N–H and O–H groups in total. The summed E-state index contributed by atoms with van der Waals surface area (Å²) in [5.74, 6) is -0.272. The highest BCUT2D eigenvalue weighted by Crippen LogP contribution is 2.19. The van der Waals surface area contributed by atoms with Gasteiger partial charge in [0, 0.05) is 24.7 Å². The molecule has 2 heterocycles. The number of fused-ring (bicyclic) bond motifs is 1. The Bertz CT molecular complexity index is 786. The first kappa shape index (κ1) is 15.5. The molecule has 7 nitrogen and oxygen atoms in total. The second-order valence-corrected chi connectivity index (χ2v) is 5.48. The molecule has 1 saturated heterocycles. The summed E-state index contributed by atoms with van der Waals surface area (Å²) < 4.78 is 10.4. The predicted octanol–water partition coefficient (Wildman–Crippen LogP) is 0.822. The lowest BCUT2D eigenvalue weighted by molar-refractivity contribution is -0.150. The number of morpholine rings is 1. The summed E-state index contributed by atoms with van der Waals surface area (Å²) in [6, 6.07) is 6.51. The third kappa shape index (κ3) is 3.20. The Balaban J connectivity index is 1.91. The summed E-state index contributed by atoms with van der Waals surface area (Å²) in [7, 11) is 1.57. The Morgan fingerprint density at radius 2 is 2.30 bits per heavy atom. The number of carboxylic acids is 1. The van der Waals surface area contributed by atoms with Gasteiger partial charge in [0.05, 0.1) is 25.8 Å². The van der Waals surface area contributed by atoms with Gasteiger partial charge in [0.15, 0.2) is 0 Å². The van der Waals surface area contributed by atoms with E-state index in [1.54, 1.807) is 24.1 Å². The normalized spacial score (nSPS) is 18.9. The first-order valence-corrected chi connectivity index (χ1v) is 7.33. The summed E-state index contributed by atoms with van der Waals surface area (Å²) in [6.07, 6.45) is 0. The highest BCUT2D eigenvalue weighted by molar-refractivity contribution is 5.80. The number of ether oxygens (including phenoxy) is 2. The Morgan fingerprint density at radius 1 is 1.48 bits per heavy atom. The molecule has 0 saturated carbocycles. The topological polar surface area (TPSA) is 91.9 Å². The number of rotatable bonds is 4. The molecule has 1 aromatic carbocycles. The molecule has 0 aliphatic carbocycles. The van der Waals surface area contributed by atoms with Crippen LogP contribution in [0.3, 0.4) is 0 Å². The lowest BCUT2D eigenvalue weighted by Crippen LogP contribution is -2.49. The second kappa shape index (κ2) is 6.39. The van der Waals surface area contributed by atoms with Gasteiger partial charge < -0.3 is 19.6 Å². The first-order chi connectivity index (χ1) is 11.1. The Labute approximate surface area is 132 Å². The molecule has 0 bridgehead atoms. The van der Waals surface area contributed by atoms with Crippen LogP contribution in [0.4, 0.5) is 0 Å². The molecular weight excluding hydrogens is 300 g/mol. The first-order valence-electron chi connectivity index (χ1n) is 7.33. The molecule has 23 heavy (non-hydrogen) atoms. The number of aromatic amines is 1. The maximum Gasteiger partial charge on any atom is 0.323 e. The second-order valence-electron chi connectivity index (χ2n) is 5.48. The molecule has 2 aromatic rings. The zero-order chi connectivity index (χ0) is 16.4. The van der Waals surface area contributed by atoms with Crippen LogP contribution in [0.25, 0.3) is 10.9 Å². The minimum absolute atomic E-state index is 0.137. The number of pyridine rings is 1. The fourth-order valence-corrected chi connectivity index (χ4v) is 2.74. The van der Waals surface area contributed by atoms with E-state index in [1.165, 1.54) is 0 Å². The highest BCUT2D eigenvalue weighted by atomic mass is 16.5. The molecule has 0 spiro atoms. The summed E-state index contributed by atoms with van der Waals surface area (Å²) in [6.45, 7) is 1.36. The summed E-state index contributed by atoms with van der Waals surface area (Å²) >= 11 is 0. The van der Waals surface area contributed by atoms with Gasteiger partial charge in [-0.2, -0.15) is 0 Å². The Morgan fingerprint density at radius 3 is 3.04 bits per heavy atom. The minimum atomic E-state index is -0.938. The molecule has 1 aromatic heterocycles. The largest absolute Gasteiger partial charge is 0.497 e. The van der Waals surface area contributed by atoms with Gasteiger partial charge in [-0.1, -0.05) is 0 Å². The molecule has 1 fully saturated rings. The van der Waals surface area contributed by atoms with E-state index in [2.05, 4.69) is 4.98 Å². The Hall–Kier alpha value is -2.38. The van der Waals surface area contributed by atoms with Gasteiger partial charge in [0.1, 0.15) is 11.8 Å². The van der Waals surface area contributed by atoms with Crippen LogP contribution in [0.15, 0.2) is 29.1 Å². The van der Waals surface area contributed by atoms with Crippen molar-refractivity contribution in [2.24, 2.45) is 0 Å². The van der Waals surface area contributed by atoms with Crippen LogP contribution in [0.2, 0.25) is 0 Å². The molecule has 0 amide bonds. The average Bonchev–Trinajstić information content (AvgIpc) is 2.55. The van der Waals surface area contributed by atoms with Crippen molar-refractivity contribution in [2.45, 2.75) is 12.6 Å². The number of carboxylic acid groups (broad SMARTS) is 1. The lowest BCUT2D eigenvalue weighted by Gasteiger charge is -2.32. The number of methoxy groups -OCH3 is 1. The van der Waals surface area contributed by atoms with Crippen LogP contribution in [-0.2, 0) is 16.1 Å². The number of benzene rings is 1. The molecule has 1 aliphatic rings. The summed E-state index contributed by atoms with van der Waals surface area (Å²) in [4.78, 5) is 28.2. The standard InChI is InChI=1S/C16H18N2O5/c1-22-12-3-2-10-6-11(15(19)17-13(10)7-12)8-18-4-5-23-9-14(18)16(20)21/h2-3,6-7,14H,4-5,8-9H2,1H3,(H,17,19)(H,20,21)/t14-/m1/s1. The molecular formula is C16H18N2O5. The average molecular weight is 318 g/mol. The van der Waals surface area contributed by atoms with Crippen molar-refractivity contribution in [1.29, 1.82) is 0 Å². The van der Waals surface area contributed by atoms with Crippen molar-refractivity contribution >= 4 is 16.9 Å². The van der Waals surface area contributed by atoms with Gasteiger partial charge in [-0.3, -0.25) is 14.5 Å². The third-order valence-electron chi connectivity index (χ3n) is 4.03. The number of aliphatic carboxylic acids is 1. The van der Waals surface area contributed by atoms with Gasteiger partial charge in [-0.15, -0.1) is 0 Å². The van der Waals surface area contributed by atoms with E-state index in [0.29, 0.717) is 30.0 Å². The summed E-state index contributed by atoms with van der Waals surface area (Å²) in [5.41, 5.74) is 1.01. The van der Waals surface area contributed by atoms with Crippen molar-refractivity contribution < 1.29 is 19.4 Å². The molecule has 3 rings (SSSR count). The Kier molecular flexibility index (Phi) is 4.31. The van der Waals surface area contributed by atoms with Crippen molar-refractivity contribution in [2.75, 3.05) is 26.9 Å². The van der Waals surface area contributed by atoms with E-state index in [-0.39, 0.29) is 18.7 Å². The number of aromatic nitrogens is 1. The van der Waals surface area contributed by atoms with Crippen LogP contribution < -0.4 is 10.3 Å². The monoisotopic (exact) mass is 318 g/mol. The maximum atomic E-state index is 12.3. The number of hydrogen-bond donors (Lipinski definition) is 2. The molecule has 0 radical (unpaired) electrons. The highest BCUT2D eigenvalue weighted by Gasteiger charge is 2.29. The zero-order valence-corrected chi connectivity index (χ0v) is 12.7. The van der Waals surface area contributed by atoms with Gasteiger partial charge >= 0.3 is 5.97 Å². The van der Waals surface area contributed by atoms with Crippen molar-refractivity contribution in [3.8, 4) is 5.75 Å². The number of H-pyrrole nitrogens is 1. The predicted molar refractivity (Wildman–Crippen MR) is 83.8 cm³/mol. The van der Waals surface area contributed by atoms with Crippen LogP contribution in [0, 0.1) is 0 Å². The number of nitrogens with zero attached hydrogens (tertiary/aromatic N) is 1. The van der Waals surface area contributed by atoms with Crippen LogP contribution in [0.1, 0.15) is 5.56 Å². The van der Waals surface area contributed by atoms with Crippen LogP contribution in [-0.4, -0.2) is 53.9 Å². The lowest BCUT2D eigenvalue weighted by atomic mass is 10.1. The van der Waals surface area contributed by atoms with E-state index in [4.69, 9.17) is 9.47 Å². The van der Waals surface area contributed by atoms with Crippen molar-refractivity contribution in [3.63, 3.8) is 0 Å². The molecule has 1 aliphatic heterocycles. The quantitative estimate of drug-likeness (QED) is 0.867. The fourth-order valence-electron chi connectivity index (χ4n) is 2.74. The summed E-state index contributed by atoms with van der Waals surface area (Å²) in [5, 5.41) is 10.1. The van der Waals surface area contributed by atoms with Crippen LogP contribution in [0.5, 0.6) is 5.75 Å². The molecule has 1 atom stereocenters. The van der Waals surface area contributed by atoms with E-state index >= 15 is 0 Å². The van der Waals surface area contributed by atoms with E-state index in [9.17, 15) is 14.7 Å². The van der Waals surface area contributed by atoms with Gasteiger partial charge in [0.25, 0.3) is 5.56 Å². The zero-order valence-electron chi connectivity index (χ0n) is 12.7. The molecule has 122 valence electrons. The van der Waals surface area contributed by atoms with E-state index in [1.807, 2.05) is 12.1 Å². The van der Waals surface area contributed by atoms with E-state index < -0.39 is 12.0 Å². The van der Waals surface area contributed by atoms with Gasteiger partial charge in [-0.25, -0.2) is 0 Å². The molecule has 0 unspecified atom stereocenters. The smallest absolute Gasteiger partial charge is 0.323 e. The fraction of sp³-hybridized carbons (Fsp3) is 0.375. The van der Waals surface area contributed by atoms with Gasteiger partial charge in [-0.05, 0) is 23.6 Å². The SMILES string of the molecule is COc1ccc2cc(CN3CCOC[C@@H]3C(=O)O)c(=O)[nH]c2c1. The van der Waals surface area contributed by atoms with Gasteiger partial charge in [0.2, 0.25) is 0 Å². The van der Waals surface area contributed by atoms with Crippen LogP contribution >= 0.6 is 0 Å².